The maximum Gasteiger partial charge on any atom is 0.338 e. The molecule has 0 fully saturated rings. The maximum atomic E-state index is 12.1. The number of esters is 1. The van der Waals surface area contributed by atoms with E-state index in [2.05, 4.69) is 11.8 Å². The molecule has 0 unspecified atom stereocenters. The minimum absolute atomic E-state index is 0.168. The van der Waals surface area contributed by atoms with Crippen LogP contribution >= 0.6 is 0 Å². The van der Waals surface area contributed by atoms with Gasteiger partial charge in [0, 0.05) is 12.0 Å². The smallest absolute Gasteiger partial charge is 0.338 e. The lowest BCUT2D eigenvalue weighted by molar-refractivity contribution is -0.138. The van der Waals surface area contributed by atoms with Gasteiger partial charge in [0.25, 0.3) is 0 Å². The van der Waals surface area contributed by atoms with Crippen LogP contribution in [0.3, 0.4) is 0 Å². The average molecular weight is 306 g/mol. The lowest BCUT2D eigenvalue weighted by Gasteiger charge is -2.07. The second kappa shape index (κ2) is 8.45. The van der Waals surface area contributed by atoms with Crippen molar-refractivity contribution >= 4 is 5.97 Å². The van der Waals surface area contributed by atoms with Crippen LogP contribution in [0, 0.1) is 11.8 Å². The van der Waals surface area contributed by atoms with Gasteiger partial charge < -0.3 is 9.84 Å². The molecule has 23 heavy (non-hydrogen) atoms. The van der Waals surface area contributed by atoms with Gasteiger partial charge in [0.1, 0.15) is 0 Å². The molecular formula is C20H18O3. The monoisotopic (exact) mass is 306 g/mol. The zero-order valence-corrected chi connectivity index (χ0v) is 13.0. The van der Waals surface area contributed by atoms with E-state index in [1.165, 1.54) is 0 Å². The van der Waals surface area contributed by atoms with Gasteiger partial charge in [0.05, 0.1) is 12.2 Å². The molecule has 0 atom stereocenters. The molecule has 0 aliphatic rings. The van der Waals surface area contributed by atoms with Crippen molar-refractivity contribution in [3.05, 3.63) is 83.1 Å². The number of benzene rings is 2. The molecule has 2 aromatic rings. The first kappa shape index (κ1) is 16.4. The molecule has 1 N–H and O–H groups in total. The molecule has 3 nitrogen and oxygen atoms in total. The molecule has 0 heterocycles. The predicted molar refractivity (Wildman–Crippen MR) is 89.8 cm³/mol. The topological polar surface area (TPSA) is 46.5 Å². The van der Waals surface area contributed by atoms with Crippen molar-refractivity contribution in [2.75, 3.05) is 6.61 Å². The molecule has 0 radical (unpaired) electrons. The van der Waals surface area contributed by atoms with E-state index in [9.17, 15) is 9.90 Å². The minimum Gasteiger partial charge on any atom is -0.500 e. The largest absolute Gasteiger partial charge is 0.500 e. The molecule has 0 aliphatic carbocycles. The first-order valence-corrected chi connectivity index (χ1v) is 7.41. The highest BCUT2D eigenvalue weighted by molar-refractivity contribution is 5.90. The summed E-state index contributed by atoms with van der Waals surface area (Å²) in [5, 5.41) is 10.2. The van der Waals surface area contributed by atoms with E-state index in [1.54, 1.807) is 6.92 Å². The van der Waals surface area contributed by atoms with Gasteiger partial charge in [-0.1, -0.05) is 54.5 Å². The van der Waals surface area contributed by atoms with Gasteiger partial charge in [-0.3, -0.25) is 0 Å². The Morgan fingerprint density at radius 1 is 1.04 bits per heavy atom. The molecule has 0 spiro atoms. The Bertz CT molecular complexity index is 735. The Balaban J connectivity index is 2.31. The van der Waals surface area contributed by atoms with Gasteiger partial charge in [-0.2, -0.15) is 0 Å². The van der Waals surface area contributed by atoms with Crippen LogP contribution in [0.1, 0.15) is 18.1 Å². The van der Waals surface area contributed by atoms with Crippen molar-refractivity contribution in [2.24, 2.45) is 0 Å². The van der Waals surface area contributed by atoms with Gasteiger partial charge in [-0.25, -0.2) is 4.79 Å². The number of ether oxygens (including phenoxy) is 1. The van der Waals surface area contributed by atoms with Crippen LogP contribution in [0.15, 0.2) is 72.0 Å². The average Bonchev–Trinajstić information content (AvgIpc) is 2.59. The van der Waals surface area contributed by atoms with E-state index in [0.717, 1.165) is 11.1 Å². The minimum atomic E-state index is -0.545. The summed E-state index contributed by atoms with van der Waals surface area (Å²) >= 11 is 0. The molecule has 116 valence electrons. The van der Waals surface area contributed by atoms with Crippen LogP contribution in [-0.4, -0.2) is 17.7 Å². The molecule has 0 aromatic heterocycles. The quantitative estimate of drug-likeness (QED) is 0.406. The van der Waals surface area contributed by atoms with Gasteiger partial charge in [-0.05, 0) is 30.5 Å². The SMILES string of the molecule is CCOC(=O)/C(Cc1ccccc1)=C(\O)C#Cc1ccccc1. The second-order valence-corrected chi connectivity index (χ2v) is 4.83. The highest BCUT2D eigenvalue weighted by atomic mass is 16.5. The molecular weight excluding hydrogens is 288 g/mol. The summed E-state index contributed by atoms with van der Waals surface area (Å²) in [5.74, 6) is 4.69. The first-order chi connectivity index (χ1) is 11.2. The van der Waals surface area contributed by atoms with E-state index in [-0.39, 0.29) is 24.4 Å². The maximum absolute atomic E-state index is 12.1. The Kier molecular flexibility index (Phi) is 6.02. The number of carbonyl (C=O) groups is 1. The first-order valence-electron chi connectivity index (χ1n) is 7.41. The summed E-state index contributed by atoms with van der Waals surface area (Å²) in [6.07, 6.45) is 0.273. The van der Waals surface area contributed by atoms with Gasteiger partial charge >= 0.3 is 5.97 Å². The molecule has 0 saturated carbocycles. The fourth-order valence-corrected chi connectivity index (χ4v) is 2.00. The summed E-state index contributed by atoms with van der Waals surface area (Å²) in [7, 11) is 0. The zero-order valence-electron chi connectivity index (χ0n) is 13.0. The number of hydrogen-bond acceptors (Lipinski definition) is 3. The summed E-state index contributed by atoms with van der Waals surface area (Å²) in [6.45, 7) is 1.97. The normalized spacial score (nSPS) is 11.0. The van der Waals surface area contributed by atoms with E-state index in [0.29, 0.717) is 0 Å². The van der Waals surface area contributed by atoms with Crippen molar-refractivity contribution in [3.8, 4) is 11.8 Å². The zero-order chi connectivity index (χ0) is 16.5. The second-order valence-electron chi connectivity index (χ2n) is 4.83. The summed E-state index contributed by atoms with van der Waals surface area (Å²) in [6, 6.07) is 18.7. The fraction of sp³-hybridized carbons (Fsp3) is 0.150. The third kappa shape index (κ3) is 5.05. The Morgan fingerprint density at radius 2 is 1.65 bits per heavy atom. The summed E-state index contributed by atoms with van der Waals surface area (Å²) in [5.41, 5.74) is 1.84. The standard InChI is InChI=1S/C20H18O3/c1-2-23-20(22)18(15-17-11-7-4-8-12-17)19(21)14-13-16-9-5-3-6-10-16/h3-12,21H,2,15H2,1H3/b19-18-. The summed E-state index contributed by atoms with van der Waals surface area (Å²) < 4.78 is 5.02. The number of rotatable bonds is 4. The Morgan fingerprint density at radius 3 is 2.26 bits per heavy atom. The van der Waals surface area contributed by atoms with E-state index < -0.39 is 5.97 Å². The molecule has 2 aromatic carbocycles. The number of carbonyl (C=O) groups excluding carboxylic acids is 1. The van der Waals surface area contributed by atoms with Crippen molar-refractivity contribution in [1.29, 1.82) is 0 Å². The Labute approximate surface area is 136 Å². The highest BCUT2D eigenvalue weighted by Gasteiger charge is 2.16. The van der Waals surface area contributed by atoms with Gasteiger partial charge in [0.2, 0.25) is 0 Å². The summed E-state index contributed by atoms with van der Waals surface area (Å²) in [4.78, 5) is 12.1. The van der Waals surface area contributed by atoms with Crippen molar-refractivity contribution in [1.82, 2.24) is 0 Å². The van der Waals surface area contributed by atoms with Crippen molar-refractivity contribution in [2.45, 2.75) is 13.3 Å². The van der Waals surface area contributed by atoms with Crippen molar-refractivity contribution < 1.29 is 14.6 Å². The van der Waals surface area contributed by atoms with Gasteiger partial charge in [0.15, 0.2) is 5.76 Å². The Hall–Kier alpha value is -2.99. The van der Waals surface area contributed by atoms with Crippen LogP contribution in [0.2, 0.25) is 0 Å². The highest BCUT2D eigenvalue weighted by Crippen LogP contribution is 2.13. The fourth-order valence-electron chi connectivity index (χ4n) is 2.00. The van der Waals surface area contributed by atoms with Crippen LogP contribution < -0.4 is 0 Å². The predicted octanol–water partition coefficient (Wildman–Crippen LogP) is 3.66. The number of allylic oxidation sites excluding steroid dienone is 1. The molecule has 0 saturated heterocycles. The third-order valence-corrected chi connectivity index (χ3v) is 3.13. The third-order valence-electron chi connectivity index (χ3n) is 3.13. The molecule has 0 aliphatic heterocycles. The lowest BCUT2D eigenvalue weighted by Crippen LogP contribution is -2.12. The molecule has 0 amide bonds. The molecule has 0 bridgehead atoms. The van der Waals surface area contributed by atoms with E-state index in [1.807, 2.05) is 60.7 Å². The molecule has 2 rings (SSSR count). The number of hydrogen-bond donors (Lipinski definition) is 1. The number of aliphatic hydroxyl groups excluding tert-OH is 1. The van der Waals surface area contributed by atoms with Gasteiger partial charge in [-0.15, -0.1) is 0 Å². The van der Waals surface area contributed by atoms with E-state index >= 15 is 0 Å². The molecule has 3 heteroatoms. The van der Waals surface area contributed by atoms with Crippen LogP contribution in [0.4, 0.5) is 0 Å². The lowest BCUT2D eigenvalue weighted by atomic mass is 10.0. The van der Waals surface area contributed by atoms with Crippen molar-refractivity contribution in [3.63, 3.8) is 0 Å². The van der Waals surface area contributed by atoms with Crippen LogP contribution in [0.5, 0.6) is 0 Å². The number of aliphatic hydroxyl groups is 1. The van der Waals surface area contributed by atoms with E-state index in [4.69, 9.17) is 4.74 Å². The van der Waals surface area contributed by atoms with Crippen LogP contribution in [0.25, 0.3) is 0 Å². The van der Waals surface area contributed by atoms with Crippen LogP contribution in [-0.2, 0) is 16.0 Å².